The van der Waals surface area contributed by atoms with Crippen molar-refractivity contribution in [3.05, 3.63) is 53.8 Å². The van der Waals surface area contributed by atoms with E-state index in [2.05, 4.69) is 11.4 Å². The summed E-state index contributed by atoms with van der Waals surface area (Å²) in [6.45, 7) is 3.12. The number of ether oxygens (including phenoxy) is 1. The van der Waals surface area contributed by atoms with E-state index >= 15 is 0 Å². The van der Waals surface area contributed by atoms with Gasteiger partial charge in [0.05, 0.1) is 24.8 Å². The molecule has 174 valence electrons. The molecule has 7 heteroatoms. The lowest BCUT2D eigenvalue weighted by atomic mass is 9.77. The first-order valence-corrected chi connectivity index (χ1v) is 11.9. The van der Waals surface area contributed by atoms with E-state index in [1.165, 1.54) is 11.6 Å². The highest BCUT2D eigenvalue weighted by atomic mass is 19.1. The van der Waals surface area contributed by atoms with Gasteiger partial charge in [0.15, 0.2) is 0 Å². The van der Waals surface area contributed by atoms with Crippen molar-refractivity contribution >= 4 is 28.9 Å². The van der Waals surface area contributed by atoms with Crippen LogP contribution in [0.5, 0.6) is 0 Å². The van der Waals surface area contributed by atoms with Gasteiger partial charge in [0.25, 0.3) is 0 Å². The number of halogens is 1. The summed E-state index contributed by atoms with van der Waals surface area (Å²) < 4.78 is 20.1. The number of hydrogen-bond acceptors (Lipinski definition) is 4. The highest BCUT2D eigenvalue weighted by molar-refractivity contribution is 6.02. The normalized spacial score (nSPS) is 22.7. The molecule has 1 aliphatic carbocycles. The van der Waals surface area contributed by atoms with Crippen LogP contribution in [0.15, 0.2) is 42.5 Å². The van der Waals surface area contributed by atoms with Crippen LogP contribution in [0.3, 0.4) is 0 Å². The molecular formula is C26H30FN3O3. The summed E-state index contributed by atoms with van der Waals surface area (Å²) in [5.74, 6) is -1.27. The molecule has 1 saturated heterocycles. The number of nitrogens with zero attached hydrogens (tertiary/aromatic N) is 2. The SMILES string of the molecule is O=C(Nc1ccc(N2CCOCC2)c(F)c1)C1CCCCC1C(=O)N1CCc2ccccc21. The van der Waals surface area contributed by atoms with Gasteiger partial charge in [-0.05, 0) is 49.1 Å². The Morgan fingerprint density at radius 3 is 2.48 bits per heavy atom. The summed E-state index contributed by atoms with van der Waals surface area (Å²) in [6.07, 6.45) is 4.09. The first-order valence-electron chi connectivity index (χ1n) is 11.9. The summed E-state index contributed by atoms with van der Waals surface area (Å²) in [5, 5.41) is 2.88. The Hall–Kier alpha value is -2.93. The van der Waals surface area contributed by atoms with Gasteiger partial charge >= 0.3 is 0 Å². The highest BCUT2D eigenvalue weighted by Gasteiger charge is 2.39. The van der Waals surface area contributed by atoms with Gasteiger partial charge in [-0.15, -0.1) is 0 Å². The van der Waals surface area contributed by atoms with E-state index in [4.69, 9.17) is 4.74 Å². The van der Waals surface area contributed by atoms with Crippen LogP contribution in [0.2, 0.25) is 0 Å². The third-order valence-electron chi connectivity index (χ3n) is 7.14. The molecule has 0 radical (unpaired) electrons. The van der Waals surface area contributed by atoms with Crippen LogP contribution in [0, 0.1) is 17.7 Å². The fraction of sp³-hybridized carbons (Fsp3) is 0.462. The van der Waals surface area contributed by atoms with Crippen LogP contribution in [-0.4, -0.2) is 44.7 Å². The van der Waals surface area contributed by atoms with Crippen LogP contribution in [-0.2, 0) is 20.7 Å². The van der Waals surface area contributed by atoms with Crippen LogP contribution in [0.4, 0.5) is 21.5 Å². The number of carbonyl (C=O) groups is 2. The maximum absolute atomic E-state index is 14.8. The largest absolute Gasteiger partial charge is 0.378 e. The average Bonchev–Trinajstić information content (AvgIpc) is 3.28. The lowest BCUT2D eigenvalue weighted by Crippen LogP contribution is -2.43. The molecule has 0 spiro atoms. The van der Waals surface area contributed by atoms with Gasteiger partial charge in [-0.25, -0.2) is 4.39 Å². The van der Waals surface area contributed by atoms with Crippen LogP contribution in [0.1, 0.15) is 31.2 Å². The number of morpholine rings is 1. The predicted octanol–water partition coefficient (Wildman–Crippen LogP) is 4.00. The maximum Gasteiger partial charge on any atom is 0.230 e. The Morgan fingerprint density at radius 2 is 1.70 bits per heavy atom. The third kappa shape index (κ3) is 4.47. The standard InChI is InChI=1S/C26H30FN3O3/c27-22-17-19(9-10-24(22)29-13-15-33-16-14-29)28-25(31)20-6-2-3-7-21(20)26(32)30-12-11-18-5-1-4-8-23(18)30/h1,4-5,8-10,17,20-21H,2-3,6-7,11-16H2,(H,28,31). The van der Waals surface area contributed by atoms with Crippen molar-refractivity contribution in [1.82, 2.24) is 0 Å². The minimum Gasteiger partial charge on any atom is -0.378 e. The molecule has 2 heterocycles. The fourth-order valence-corrected chi connectivity index (χ4v) is 5.39. The number of rotatable bonds is 4. The van der Waals surface area contributed by atoms with Gasteiger partial charge in [-0.2, -0.15) is 0 Å². The molecule has 2 aromatic rings. The second kappa shape index (κ2) is 9.51. The van der Waals surface area contributed by atoms with Crippen molar-refractivity contribution in [3.8, 4) is 0 Å². The number of nitrogens with one attached hydrogen (secondary N) is 1. The van der Waals surface area contributed by atoms with Gasteiger partial charge in [0.1, 0.15) is 5.82 Å². The molecule has 1 N–H and O–H groups in total. The minimum absolute atomic E-state index is 0.0358. The lowest BCUT2D eigenvalue weighted by molar-refractivity contribution is -0.132. The Kier molecular flexibility index (Phi) is 6.31. The first-order chi connectivity index (χ1) is 16.1. The van der Waals surface area contributed by atoms with E-state index < -0.39 is 5.92 Å². The lowest BCUT2D eigenvalue weighted by Gasteiger charge is -2.33. The number of benzene rings is 2. The first kappa shape index (κ1) is 21.9. The molecule has 6 nitrogen and oxygen atoms in total. The Bertz CT molecular complexity index is 1040. The monoisotopic (exact) mass is 451 g/mol. The predicted molar refractivity (Wildman–Crippen MR) is 126 cm³/mol. The van der Waals surface area contributed by atoms with Gasteiger partial charge in [0.2, 0.25) is 11.8 Å². The van der Waals surface area contributed by atoms with Crippen molar-refractivity contribution < 1.29 is 18.7 Å². The second-order valence-corrected chi connectivity index (χ2v) is 9.12. The number of hydrogen-bond donors (Lipinski definition) is 1. The van der Waals surface area contributed by atoms with E-state index in [1.54, 1.807) is 12.1 Å². The van der Waals surface area contributed by atoms with E-state index in [0.717, 1.165) is 24.9 Å². The number of fused-ring (bicyclic) bond motifs is 1. The molecule has 5 rings (SSSR count). The molecule has 33 heavy (non-hydrogen) atoms. The average molecular weight is 452 g/mol. The molecule has 0 bridgehead atoms. The van der Waals surface area contributed by atoms with E-state index in [9.17, 15) is 14.0 Å². The zero-order chi connectivity index (χ0) is 22.8. The number of para-hydroxylation sites is 1. The molecule has 2 aromatic carbocycles. The van der Waals surface area contributed by atoms with Crippen LogP contribution >= 0.6 is 0 Å². The highest BCUT2D eigenvalue weighted by Crippen LogP contribution is 2.36. The van der Waals surface area contributed by atoms with Crippen molar-refractivity contribution in [2.45, 2.75) is 32.1 Å². The Balaban J connectivity index is 1.29. The third-order valence-corrected chi connectivity index (χ3v) is 7.14. The molecule has 2 aliphatic heterocycles. The molecular weight excluding hydrogens is 421 g/mol. The molecule has 0 aromatic heterocycles. The maximum atomic E-state index is 14.8. The molecule has 2 unspecified atom stereocenters. The Morgan fingerprint density at radius 1 is 0.939 bits per heavy atom. The summed E-state index contributed by atoms with van der Waals surface area (Å²) in [5.41, 5.74) is 3.10. The van der Waals surface area contributed by atoms with E-state index in [-0.39, 0.29) is 23.5 Å². The fourth-order valence-electron chi connectivity index (χ4n) is 5.39. The van der Waals surface area contributed by atoms with Crippen LogP contribution < -0.4 is 15.1 Å². The summed E-state index contributed by atoms with van der Waals surface area (Å²) in [7, 11) is 0. The van der Waals surface area contributed by atoms with Crippen molar-refractivity contribution in [2.24, 2.45) is 11.8 Å². The van der Waals surface area contributed by atoms with Crippen molar-refractivity contribution in [1.29, 1.82) is 0 Å². The Labute approximate surface area is 193 Å². The van der Waals surface area contributed by atoms with E-state index in [1.807, 2.05) is 28.0 Å². The molecule has 2 atom stereocenters. The quantitative estimate of drug-likeness (QED) is 0.764. The summed E-state index contributed by atoms with van der Waals surface area (Å²) in [6, 6.07) is 12.8. The number of carbonyl (C=O) groups excluding carboxylic acids is 2. The number of amides is 2. The smallest absolute Gasteiger partial charge is 0.230 e. The van der Waals surface area contributed by atoms with E-state index in [0.29, 0.717) is 57.1 Å². The van der Waals surface area contributed by atoms with Gasteiger partial charge < -0.3 is 19.9 Å². The molecule has 1 saturated carbocycles. The van der Waals surface area contributed by atoms with Gasteiger partial charge in [-0.1, -0.05) is 31.0 Å². The van der Waals surface area contributed by atoms with Crippen molar-refractivity contribution in [2.75, 3.05) is 48.0 Å². The van der Waals surface area contributed by atoms with Gasteiger partial charge in [-0.3, -0.25) is 9.59 Å². The molecule has 3 aliphatic rings. The minimum atomic E-state index is -0.402. The zero-order valence-corrected chi connectivity index (χ0v) is 18.8. The van der Waals surface area contributed by atoms with Crippen LogP contribution in [0.25, 0.3) is 0 Å². The summed E-state index contributed by atoms with van der Waals surface area (Å²) >= 11 is 0. The van der Waals surface area contributed by atoms with Gasteiger partial charge in [0, 0.05) is 36.9 Å². The molecule has 2 fully saturated rings. The van der Waals surface area contributed by atoms with Crippen molar-refractivity contribution in [3.63, 3.8) is 0 Å². The topological polar surface area (TPSA) is 61.9 Å². The second-order valence-electron chi connectivity index (χ2n) is 9.12. The zero-order valence-electron chi connectivity index (χ0n) is 18.8. The molecule has 2 amide bonds. The number of anilines is 3. The summed E-state index contributed by atoms with van der Waals surface area (Å²) in [4.78, 5) is 30.5.